The van der Waals surface area contributed by atoms with E-state index in [-0.39, 0.29) is 5.54 Å². The molecule has 42 heavy (non-hydrogen) atoms. The molecule has 2 aliphatic rings. The largest absolute Gasteiger partial charge is 0.375 e. The molecule has 0 amide bonds. The average molecular weight is 582 g/mol. The van der Waals surface area contributed by atoms with Crippen LogP contribution in [-0.2, 0) is 5.54 Å². The van der Waals surface area contributed by atoms with Gasteiger partial charge < -0.3 is 5.32 Å². The van der Waals surface area contributed by atoms with Gasteiger partial charge in [-0.25, -0.2) is 0 Å². The second-order valence-corrected chi connectivity index (χ2v) is 22.6. The molecule has 5 aromatic rings. The van der Waals surface area contributed by atoms with Crippen LogP contribution in [0.3, 0.4) is 0 Å². The summed E-state index contributed by atoms with van der Waals surface area (Å²) in [6.07, 6.45) is 2.09. The molecule has 0 aliphatic carbocycles. The van der Waals surface area contributed by atoms with Crippen molar-refractivity contribution in [3.8, 4) is 22.3 Å². The summed E-state index contributed by atoms with van der Waals surface area (Å²) in [5, 5.41) is 13.2. The normalized spacial score (nSPS) is 15.7. The van der Waals surface area contributed by atoms with E-state index in [1.807, 2.05) is 0 Å². The van der Waals surface area contributed by atoms with E-state index in [4.69, 9.17) is 0 Å². The minimum atomic E-state index is -1.92. The Morgan fingerprint density at radius 3 is 2.02 bits per heavy atom. The smallest absolute Gasteiger partial charge is 0.113 e. The summed E-state index contributed by atoms with van der Waals surface area (Å²) < 4.78 is 0. The quantitative estimate of drug-likeness (QED) is 0.206. The minimum absolute atomic E-state index is 0.0944. The topological polar surface area (TPSA) is 12.0 Å². The third-order valence-electron chi connectivity index (χ3n) is 10.9. The van der Waals surface area contributed by atoms with Crippen LogP contribution in [0.25, 0.3) is 33.0 Å². The van der Waals surface area contributed by atoms with Gasteiger partial charge in [0.25, 0.3) is 0 Å². The molecule has 2 heterocycles. The monoisotopic (exact) mass is 581 g/mol. The number of benzene rings is 5. The Morgan fingerprint density at radius 2 is 1.29 bits per heavy atom. The predicted molar refractivity (Wildman–Crippen MR) is 190 cm³/mol. The maximum atomic E-state index is 4.04. The molecule has 0 aromatic heterocycles. The van der Waals surface area contributed by atoms with Gasteiger partial charge >= 0.3 is 0 Å². The molecule has 1 nitrogen and oxygen atoms in total. The van der Waals surface area contributed by atoms with Crippen LogP contribution in [0.2, 0.25) is 26.2 Å². The van der Waals surface area contributed by atoms with Crippen molar-refractivity contribution in [1.29, 1.82) is 0 Å². The molecule has 0 fully saturated rings. The van der Waals surface area contributed by atoms with Gasteiger partial charge in [0.05, 0.1) is 5.54 Å². The Labute approximate surface area is 254 Å². The molecule has 0 saturated heterocycles. The van der Waals surface area contributed by atoms with Crippen LogP contribution in [0.5, 0.6) is 0 Å². The summed E-state index contributed by atoms with van der Waals surface area (Å²) in [5.74, 6) is 0. The lowest BCUT2D eigenvalue weighted by Gasteiger charge is -2.36. The van der Waals surface area contributed by atoms with E-state index in [9.17, 15) is 0 Å². The first kappa shape index (κ1) is 27.4. The fourth-order valence-corrected chi connectivity index (χ4v) is 14.3. The SMILES string of the molecule is CCC(CC)(Nc1ccc(C)cc1C)c1ccc2c(c1)[Si](C)(C)c1cc3c(cc1-2)[Si](C)(C)c1ccc2ccccc2c1-3. The molecule has 3 heteroatoms. The van der Waals surface area contributed by atoms with Gasteiger partial charge in [0.1, 0.15) is 16.1 Å². The van der Waals surface area contributed by atoms with Gasteiger partial charge in [-0.2, -0.15) is 0 Å². The Morgan fingerprint density at radius 1 is 0.619 bits per heavy atom. The van der Waals surface area contributed by atoms with E-state index in [1.54, 1.807) is 20.7 Å². The Balaban J connectivity index is 1.38. The van der Waals surface area contributed by atoms with Crippen LogP contribution in [-0.4, -0.2) is 16.1 Å². The van der Waals surface area contributed by atoms with Gasteiger partial charge in [-0.15, -0.1) is 0 Å². The molecular formula is C39H43NSi2. The number of anilines is 1. The van der Waals surface area contributed by atoms with Crippen molar-refractivity contribution < 1.29 is 0 Å². The molecule has 0 bridgehead atoms. The molecule has 1 N–H and O–H groups in total. The fourth-order valence-electron chi connectivity index (χ4n) is 8.15. The highest BCUT2D eigenvalue weighted by Gasteiger charge is 2.44. The number of rotatable bonds is 5. The lowest BCUT2D eigenvalue weighted by atomic mass is 9.83. The molecule has 0 atom stereocenters. The van der Waals surface area contributed by atoms with Crippen LogP contribution in [0, 0.1) is 13.8 Å². The third kappa shape index (κ3) is 3.72. The van der Waals surface area contributed by atoms with E-state index in [0.717, 1.165) is 12.8 Å². The highest BCUT2D eigenvalue weighted by atomic mass is 28.3. The molecule has 7 rings (SSSR count). The average Bonchev–Trinajstić information content (AvgIpc) is 3.35. The van der Waals surface area contributed by atoms with E-state index in [2.05, 4.69) is 144 Å². The molecule has 0 unspecified atom stereocenters. The van der Waals surface area contributed by atoms with Crippen LogP contribution < -0.4 is 26.1 Å². The zero-order chi connectivity index (χ0) is 29.6. The third-order valence-corrected chi connectivity index (χ3v) is 17.9. The fraction of sp³-hybridized carbons (Fsp3) is 0.282. The Kier molecular flexibility index (Phi) is 6.07. The molecule has 5 aromatic carbocycles. The van der Waals surface area contributed by atoms with Crippen molar-refractivity contribution in [2.24, 2.45) is 0 Å². The number of hydrogen-bond donors (Lipinski definition) is 1. The second-order valence-electron chi connectivity index (χ2n) is 13.9. The maximum absolute atomic E-state index is 4.04. The van der Waals surface area contributed by atoms with Crippen LogP contribution in [0.4, 0.5) is 5.69 Å². The van der Waals surface area contributed by atoms with Gasteiger partial charge in [0, 0.05) is 5.69 Å². The van der Waals surface area contributed by atoms with E-state index in [0.29, 0.717) is 0 Å². The Bertz CT molecular complexity index is 1910. The standard InChI is InChI=1S/C39H43NSi2/c1-9-39(10-2,40-33-19-15-25(3)21-26(33)4)28-17-18-30-31-23-37-32(24-36(31)42(7,8)35(30)22-28)38-29-14-12-11-13-27(29)16-20-34(38)41(37,5)6/h11-24,40H,9-10H2,1-8H3. The summed E-state index contributed by atoms with van der Waals surface area (Å²) in [6, 6.07) is 33.3. The van der Waals surface area contributed by atoms with Gasteiger partial charge in [0.2, 0.25) is 0 Å². The molecule has 0 saturated carbocycles. The zero-order valence-corrected chi connectivity index (χ0v) is 28.5. The van der Waals surface area contributed by atoms with Gasteiger partial charge in [0.15, 0.2) is 0 Å². The minimum Gasteiger partial charge on any atom is -0.375 e. The molecular weight excluding hydrogens is 539 g/mol. The van der Waals surface area contributed by atoms with E-state index < -0.39 is 16.1 Å². The van der Waals surface area contributed by atoms with Crippen LogP contribution >= 0.6 is 0 Å². The van der Waals surface area contributed by atoms with Crippen molar-refractivity contribution in [3.05, 3.63) is 102 Å². The first-order valence-corrected chi connectivity index (χ1v) is 21.7. The van der Waals surface area contributed by atoms with Crippen molar-refractivity contribution in [3.63, 3.8) is 0 Å². The Hall–Kier alpha value is -3.41. The second kappa shape index (κ2) is 9.29. The van der Waals surface area contributed by atoms with Gasteiger partial charge in [-0.05, 0) is 97.7 Å². The zero-order valence-electron chi connectivity index (χ0n) is 26.5. The number of nitrogens with one attached hydrogen (secondary N) is 1. The summed E-state index contributed by atoms with van der Waals surface area (Å²) in [5.41, 5.74) is 11.2. The summed E-state index contributed by atoms with van der Waals surface area (Å²) in [7, 11) is -3.73. The number of aryl methyl sites for hydroxylation is 2. The van der Waals surface area contributed by atoms with Crippen molar-refractivity contribution in [2.75, 3.05) is 5.32 Å². The highest BCUT2D eigenvalue weighted by molar-refractivity contribution is 7.06. The van der Waals surface area contributed by atoms with E-state index in [1.165, 1.54) is 55.4 Å². The summed E-state index contributed by atoms with van der Waals surface area (Å²) in [4.78, 5) is 0. The predicted octanol–water partition coefficient (Wildman–Crippen LogP) is 8.19. The lowest BCUT2D eigenvalue weighted by molar-refractivity contribution is 0.455. The first-order chi connectivity index (χ1) is 20.0. The first-order valence-electron chi connectivity index (χ1n) is 15.7. The number of fused-ring (bicyclic) bond motifs is 8. The van der Waals surface area contributed by atoms with Crippen LogP contribution in [0.15, 0.2) is 84.9 Å². The molecule has 212 valence electrons. The molecule has 2 aliphatic heterocycles. The van der Waals surface area contributed by atoms with Crippen molar-refractivity contribution >= 4 is 53.4 Å². The van der Waals surface area contributed by atoms with Gasteiger partial charge in [-0.3, -0.25) is 0 Å². The number of hydrogen-bond acceptors (Lipinski definition) is 1. The summed E-state index contributed by atoms with van der Waals surface area (Å²) in [6.45, 7) is 19.3. The van der Waals surface area contributed by atoms with Crippen molar-refractivity contribution in [2.45, 2.75) is 72.3 Å². The molecule has 0 radical (unpaired) electrons. The summed E-state index contributed by atoms with van der Waals surface area (Å²) >= 11 is 0. The van der Waals surface area contributed by atoms with E-state index >= 15 is 0 Å². The maximum Gasteiger partial charge on any atom is 0.113 e. The van der Waals surface area contributed by atoms with Crippen LogP contribution in [0.1, 0.15) is 43.4 Å². The van der Waals surface area contributed by atoms with Gasteiger partial charge in [-0.1, -0.05) is 124 Å². The highest BCUT2D eigenvalue weighted by Crippen LogP contribution is 2.40. The lowest BCUT2D eigenvalue weighted by Crippen LogP contribution is -2.51. The molecule has 0 spiro atoms. The van der Waals surface area contributed by atoms with Crippen molar-refractivity contribution in [1.82, 2.24) is 0 Å².